The molecule has 3 aliphatic heterocycles. The monoisotopic (exact) mass is 1740 g/mol. The second-order valence-electron chi connectivity index (χ2n) is 32.2. The molecule has 40 heteroatoms. The lowest BCUT2D eigenvalue weighted by atomic mass is 9.88. The van der Waals surface area contributed by atoms with Crippen molar-refractivity contribution in [3.63, 3.8) is 0 Å². The number of nitro groups is 3. The van der Waals surface area contributed by atoms with Crippen LogP contribution in [0, 0.1) is 42.0 Å². The van der Waals surface area contributed by atoms with E-state index in [1.165, 1.54) is 33.5 Å². The molecule has 5 amide bonds. The average molecular weight is 1740 g/mol. The van der Waals surface area contributed by atoms with Crippen LogP contribution in [-0.2, 0) is 28.5 Å². The quantitative estimate of drug-likeness (QED) is 0.00896. The minimum Gasteiger partial charge on any atom is -0.495 e. The molecule has 3 fully saturated rings. The van der Waals surface area contributed by atoms with Gasteiger partial charge in [0.25, 0.3) is 5.69 Å². The lowest BCUT2D eigenvalue weighted by Gasteiger charge is -2.36. The van der Waals surface area contributed by atoms with E-state index < -0.39 is 89.8 Å². The van der Waals surface area contributed by atoms with Gasteiger partial charge in [-0.2, -0.15) is 8.78 Å². The molecule has 3 aliphatic rings. The Hall–Kier alpha value is -11.7. The van der Waals surface area contributed by atoms with Crippen LogP contribution in [-0.4, -0.2) is 221 Å². The summed E-state index contributed by atoms with van der Waals surface area (Å²) in [5.41, 5.74) is 12.5. The van der Waals surface area contributed by atoms with Crippen LogP contribution in [0.25, 0.3) is 0 Å². The number of allylic oxidation sites excluding steroid dienone is 1. The first kappa shape index (κ1) is 105. The summed E-state index contributed by atoms with van der Waals surface area (Å²) >= 11 is 4.71. The zero-order chi connectivity index (χ0) is 92.8. The smallest absolute Gasteiger partial charge is 0.412 e. The van der Waals surface area contributed by atoms with Gasteiger partial charge in [-0.25, -0.2) is 39.2 Å². The highest BCUT2D eigenvalue weighted by Crippen LogP contribution is 2.44. The van der Waals surface area contributed by atoms with Crippen molar-refractivity contribution in [1.29, 1.82) is 0 Å². The van der Waals surface area contributed by atoms with E-state index in [1.807, 2.05) is 66.0 Å². The fourth-order valence-electron chi connectivity index (χ4n) is 12.2. The molecule has 37 nitrogen and oxygen atoms in total. The molecule has 676 valence electrons. The largest absolute Gasteiger partial charge is 0.495 e. The predicted octanol–water partition coefficient (Wildman–Crippen LogP) is 15.9. The van der Waals surface area contributed by atoms with Crippen molar-refractivity contribution < 1.29 is 94.9 Å². The number of nitrogens with one attached hydrogen (secondary N) is 5. The van der Waals surface area contributed by atoms with Crippen LogP contribution >= 0.6 is 11.6 Å². The normalized spacial score (nSPS) is 14.0. The number of nitrogens with two attached hydrogens (primary N) is 2. The van der Waals surface area contributed by atoms with Crippen molar-refractivity contribution in [2.24, 2.45) is 0 Å². The van der Waals surface area contributed by atoms with Gasteiger partial charge in [0.2, 0.25) is 22.8 Å². The van der Waals surface area contributed by atoms with Crippen molar-refractivity contribution in [3.8, 4) is 28.7 Å². The zero-order valence-corrected chi connectivity index (χ0v) is 74.7. The van der Waals surface area contributed by atoms with E-state index in [2.05, 4.69) is 83.5 Å². The fourth-order valence-corrected chi connectivity index (χ4v) is 12.2. The highest BCUT2D eigenvalue weighted by atomic mass is 35.5. The summed E-state index contributed by atoms with van der Waals surface area (Å²) in [4.78, 5) is 104. The number of nitro benzene ring substituents is 3. The summed E-state index contributed by atoms with van der Waals surface area (Å²) < 4.78 is 73.1. The Labute approximate surface area is 716 Å². The maximum atomic E-state index is 13.4. The molecule has 122 heavy (non-hydrogen) atoms. The number of ether oxygens (including phenoxy) is 9. The van der Waals surface area contributed by atoms with Crippen LogP contribution < -0.4 is 66.6 Å². The van der Waals surface area contributed by atoms with Crippen LogP contribution in [0.15, 0.2) is 86.0 Å². The maximum Gasteiger partial charge on any atom is 0.412 e. The molecule has 0 aliphatic carbocycles. The first-order valence-electron chi connectivity index (χ1n) is 38.5. The zero-order valence-electron chi connectivity index (χ0n) is 73.9. The summed E-state index contributed by atoms with van der Waals surface area (Å²) in [5.74, 6) is -0.185. The van der Waals surface area contributed by atoms with Gasteiger partial charge >= 0.3 is 35.7 Å². The Bertz CT molecular complexity index is 4430. The Morgan fingerprint density at radius 2 is 0.762 bits per heavy atom. The minimum atomic E-state index is -1.05. The molecular formula is C82H121ClF2N16O21. The molecule has 3 heterocycles. The highest BCUT2D eigenvalue weighted by Gasteiger charge is 2.33. The third kappa shape index (κ3) is 35.2. The average Bonchev–Trinajstić information content (AvgIpc) is 0.781. The third-order valence-electron chi connectivity index (χ3n) is 17.9. The maximum absolute atomic E-state index is 13.4. The van der Waals surface area contributed by atoms with E-state index in [0.29, 0.717) is 70.7 Å². The van der Waals surface area contributed by atoms with E-state index >= 15 is 0 Å². The molecule has 0 unspecified atom stereocenters. The Balaban J connectivity index is 0.000000396. The fraction of sp³-hybridized carbons (Fsp3) is 0.512. The third-order valence-corrected chi connectivity index (χ3v) is 18.0. The van der Waals surface area contributed by atoms with Gasteiger partial charge in [0.1, 0.15) is 56.8 Å². The van der Waals surface area contributed by atoms with Crippen LogP contribution in [0.5, 0.6) is 28.7 Å². The molecule has 5 aromatic carbocycles. The molecule has 0 radical (unpaired) electrons. The number of amides is 5. The Kier molecular flexibility index (Phi) is 40.7. The van der Waals surface area contributed by atoms with E-state index in [9.17, 15) is 67.9 Å². The second-order valence-corrected chi connectivity index (χ2v) is 32.6. The molecule has 0 spiro atoms. The number of hydrazine groups is 2. The number of methoxy groups -OCH3 is 5. The van der Waals surface area contributed by atoms with Crippen LogP contribution in [0.1, 0.15) is 145 Å². The van der Waals surface area contributed by atoms with Gasteiger partial charge in [-0.1, -0.05) is 13.2 Å². The molecule has 0 saturated carbocycles. The Morgan fingerprint density at radius 3 is 1.10 bits per heavy atom. The summed E-state index contributed by atoms with van der Waals surface area (Å²) in [5, 5.41) is 54.1. The summed E-state index contributed by atoms with van der Waals surface area (Å²) in [6.45, 7) is 32.9. The molecule has 0 bridgehead atoms. The molecule has 8 rings (SSSR count). The van der Waals surface area contributed by atoms with Gasteiger partial charge in [-0.15, -0.1) is 0 Å². The van der Waals surface area contributed by atoms with Crippen molar-refractivity contribution in [3.05, 3.63) is 139 Å². The van der Waals surface area contributed by atoms with Crippen molar-refractivity contribution in [2.45, 2.75) is 162 Å². The van der Waals surface area contributed by atoms with Gasteiger partial charge in [-0.05, 0) is 207 Å². The van der Waals surface area contributed by atoms with Crippen LogP contribution in [0.3, 0.4) is 0 Å². The van der Waals surface area contributed by atoms with Gasteiger partial charge in [-0.3, -0.25) is 61.2 Å². The SMILES string of the molecule is C=CC(=O)Cl.C=CC(=O)Nc1cc(NC(=O)OC(C)(C)C)c(OC)cc1C1CCN(N(C)C)CC1.COc1cc(C2CCN(N(C)C)CC2)c(N)cc1NC(=O)OC(C)(C)C.COc1cc(F)c([N+](=O)[O-])cc1N.COc1cc(F)c([N+](=O)[O-])cc1NC(=O)OC(C)(C)C.COc1cc(N2CCC(N(C)C)CC2)c([N+](=O)[O-])cc1NC(=O)OC(C)(C)C. The number of anilines is 8. The number of hydrogen-bond acceptors (Lipinski definition) is 29. The first-order valence-corrected chi connectivity index (χ1v) is 38.9. The van der Waals surface area contributed by atoms with Gasteiger partial charge in [0.15, 0.2) is 0 Å². The number of benzene rings is 5. The predicted molar refractivity (Wildman–Crippen MR) is 466 cm³/mol. The second kappa shape index (κ2) is 47.5. The summed E-state index contributed by atoms with van der Waals surface area (Å²) in [7, 11) is 19.4. The highest BCUT2D eigenvalue weighted by molar-refractivity contribution is 6.66. The van der Waals surface area contributed by atoms with Gasteiger partial charge in [0, 0.05) is 121 Å². The number of carbonyl (C=O) groups is 6. The first-order chi connectivity index (χ1) is 56.6. The van der Waals surface area contributed by atoms with Crippen LogP contribution in [0.4, 0.5) is 90.5 Å². The van der Waals surface area contributed by atoms with Gasteiger partial charge in [0.05, 0.1) is 78.8 Å². The van der Waals surface area contributed by atoms with Crippen molar-refractivity contribution in [2.75, 3.05) is 160 Å². The number of carbonyl (C=O) groups excluding carboxylic acids is 6. The summed E-state index contributed by atoms with van der Waals surface area (Å²) in [6.07, 6.45) is 5.43. The number of rotatable bonds is 21. The van der Waals surface area contributed by atoms with Crippen molar-refractivity contribution >= 4 is 110 Å². The molecular weight excluding hydrogens is 1620 g/mol. The molecule has 3 saturated heterocycles. The standard InChI is InChI=1S/C22H34N4O4.C19H30N4O5.C19H32N4O3.C12H15FN2O5.C7H7FN2O3.C3H3ClO/c1-8-20(27)23-17-14-18(24-21(28)30-22(2,3)4)19(29-7)13-16(17)15-9-11-26(12-10-15)25(5)6;1-19(2,3)28-18(24)20-14-11-16(23(25)26)15(12-17(14)27-6)22-9-7-13(8-10-22)21(4)5;1-19(2,3)26-18(24)21-16-12-15(20)14(11-17(16)25-6)13-7-9-23(10-8-13)22(4)5;1-12(2,3)20-11(16)14-8-6-9(15(17)18)7(13)5-10(8)19-4;1-13-7-2-4(8)6(10(11)12)3-5(7)9;1-2-3(4)5/h8,13-15H,1,9-12H2,2-7H3,(H,23,27)(H,24,28);11-13H,7-10H2,1-6H3,(H,20,24);11-13H,7-10,20H2,1-6H3,(H,21,24);5-6H,1-4H3,(H,14,16);2-3H,9H2,1H3;2H,1H2. The van der Waals surface area contributed by atoms with Crippen molar-refractivity contribution in [1.82, 2.24) is 24.9 Å². The number of nitrogen functional groups attached to an aromatic ring is 2. The number of piperidine rings is 3. The van der Waals surface area contributed by atoms with Crippen LogP contribution in [0.2, 0.25) is 0 Å². The van der Waals surface area contributed by atoms with E-state index in [-0.39, 0.29) is 46.1 Å². The van der Waals surface area contributed by atoms with E-state index in [0.717, 1.165) is 106 Å². The minimum absolute atomic E-state index is 0.0376. The summed E-state index contributed by atoms with van der Waals surface area (Å²) in [6, 6.07) is 14.2. The van der Waals surface area contributed by atoms with Gasteiger partial charge < -0.3 is 69.2 Å². The Morgan fingerprint density at radius 1 is 0.443 bits per heavy atom. The number of halogens is 3. The van der Waals surface area contributed by atoms with E-state index in [4.69, 9.17) is 61.0 Å². The number of hydrogen-bond donors (Lipinski definition) is 7. The topological polar surface area (TPSA) is 447 Å². The molecule has 0 aromatic heterocycles. The van der Waals surface area contributed by atoms with E-state index in [1.54, 1.807) is 94.7 Å². The lowest BCUT2D eigenvalue weighted by molar-refractivity contribution is -0.387. The molecule has 5 aromatic rings. The molecule has 0 atom stereocenters. The number of nitrogens with zero attached hydrogens (tertiary/aromatic N) is 9. The lowest BCUT2D eigenvalue weighted by Crippen LogP contribution is -2.42. The molecule has 9 N–H and O–H groups in total.